The second-order valence-electron chi connectivity index (χ2n) is 4.83. The van der Waals surface area contributed by atoms with Crippen molar-refractivity contribution in [2.45, 2.75) is 45.6 Å². The molecule has 1 aliphatic carbocycles. The summed E-state index contributed by atoms with van der Waals surface area (Å²) < 4.78 is 1.07. The van der Waals surface area contributed by atoms with Crippen LogP contribution in [0.1, 0.15) is 48.5 Å². The molecule has 0 saturated heterocycles. The first-order valence-corrected chi connectivity index (χ1v) is 7.08. The van der Waals surface area contributed by atoms with E-state index in [0.29, 0.717) is 0 Å². The molecule has 1 atom stereocenters. The van der Waals surface area contributed by atoms with Crippen LogP contribution >= 0.6 is 27.3 Å². The van der Waals surface area contributed by atoms with Crippen LogP contribution in [-0.2, 0) is 0 Å². The molecular weight excluding hydrogens is 272 g/mol. The average molecular weight is 289 g/mol. The minimum atomic E-state index is -0.298. The molecule has 0 spiro atoms. The summed E-state index contributed by atoms with van der Waals surface area (Å²) in [5, 5.41) is 10.5. The van der Waals surface area contributed by atoms with Gasteiger partial charge in [0.05, 0.1) is 6.10 Å². The van der Waals surface area contributed by atoms with Crippen molar-refractivity contribution in [3.63, 3.8) is 0 Å². The van der Waals surface area contributed by atoms with Crippen LogP contribution in [0.15, 0.2) is 10.5 Å². The molecule has 0 radical (unpaired) electrons. The van der Waals surface area contributed by atoms with Crippen LogP contribution in [-0.4, -0.2) is 5.11 Å². The number of aliphatic hydroxyl groups is 1. The minimum absolute atomic E-state index is 0.0970. The predicted octanol–water partition coefficient (Wildman–Crippen LogP) is 4.43. The van der Waals surface area contributed by atoms with Gasteiger partial charge in [0.15, 0.2) is 0 Å². The second-order valence-corrected chi connectivity index (χ2v) is 6.98. The zero-order chi connectivity index (χ0) is 11.1. The maximum Gasteiger partial charge on any atom is 0.0946 e. The Labute approximate surface area is 104 Å². The third-order valence-corrected chi connectivity index (χ3v) is 5.51. The van der Waals surface area contributed by atoms with E-state index in [4.69, 9.17) is 0 Å². The lowest BCUT2D eigenvalue weighted by Crippen LogP contribution is -2.21. The van der Waals surface area contributed by atoms with E-state index in [1.54, 1.807) is 11.3 Å². The van der Waals surface area contributed by atoms with Crippen LogP contribution in [0.3, 0.4) is 0 Å². The maximum absolute atomic E-state index is 10.5. The first-order valence-electron chi connectivity index (χ1n) is 5.47. The van der Waals surface area contributed by atoms with E-state index in [-0.39, 0.29) is 11.5 Å². The van der Waals surface area contributed by atoms with Gasteiger partial charge in [0.2, 0.25) is 0 Å². The summed E-state index contributed by atoms with van der Waals surface area (Å²) >= 11 is 5.25. The van der Waals surface area contributed by atoms with Gasteiger partial charge in [0, 0.05) is 14.2 Å². The molecule has 0 amide bonds. The Morgan fingerprint density at radius 1 is 1.47 bits per heavy atom. The van der Waals surface area contributed by atoms with Gasteiger partial charge in [0.25, 0.3) is 0 Å². The molecule has 1 nitrogen and oxygen atoms in total. The zero-order valence-corrected chi connectivity index (χ0v) is 11.6. The summed E-state index contributed by atoms with van der Waals surface area (Å²) in [4.78, 5) is 2.37. The molecule has 15 heavy (non-hydrogen) atoms. The van der Waals surface area contributed by atoms with Gasteiger partial charge in [0.1, 0.15) is 0 Å². The van der Waals surface area contributed by atoms with Gasteiger partial charge < -0.3 is 5.11 Å². The summed E-state index contributed by atoms with van der Waals surface area (Å²) in [5.74, 6) is 0. The molecule has 1 aliphatic rings. The van der Waals surface area contributed by atoms with E-state index in [1.807, 2.05) is 0 Å². The van der Waals surface area contributed by atoms with Gasteiger partial charge >= 0.3 is 0 Å². The summed E-state index contributed by atoms with van der Waals surface area (Å²) in [6.07, 6.45) is 4.52. The quantitative estimate of drug-likeness (QED) is 0.853. The van der Waals surface area contributed by atoms with Gasteiger partial charge in [-0.25, -0.2) is 0 Å². The highest BCUT2D eigenvalue weighted by Gasteiger charge is 2.38. The van der Waals surface area contributed by atoms with Crippen molar-refractivity contribution in [1.29, 1.82) is 0 Å². The first kappa shape index (κ1) is 11.6. The SMILES string of the molecule is Cc1cc(Br)c(C(O)C2(C)CCCC2)s1. The molecule has 1 aromatic rings. The molecule has 0 aliphatic heterocycles. The van der Waals surface area contributed by atoms with E-state index in [1.165, 1.54) is 17.7 Å². The fraction of sp³-hybridized carbons (Fsp3) is 0.667. The summed E-state index contributed by atoms with van der Waals surface area (Å²) in [7, 11) is 0. The molecule has 3 heteroatoms. The van der Waals surface area contributed by atoms with Gasteiger partial charge in [-0.05, 0) is 47.2 Å². The largest absolute Gasteiger partial charge is 0.387 e. The Morgan fingerprint density at radius 3 is 2.53 bits per heavy atom. The van der Waals surface area contributed by atoms with Crippen molar-refractivity contribution in [2.75, 3.05) is 0 Å². The van der Waals surface area contributed by atoms with Crippen molar-refractivity contribution >= 4 is 27.3 Å². The Hall–Kier alpha value is 0.140. The molecule has 1 N–H and O–H groups in total. The third-order valence-electron chi connectivity index (χ3n) is 3.49. The Balaban J connectivity index is 2.27. The van der Waals surface area contributed by atoms with Gasteiger partial charge in [-0.15, -0.1) is 11.3 Å². The third kappa shape index (κ3) is 2.15. The molecule has 1 heterocycles. The molecule has 0 bridgehead atoms. The van der Waals surface area contributed by atoms with Gasteiger partial charge in [-0.3, -0.25) is 0 Å². The zero-order valence-electron chi connectivity index (χ0n) is 9.22. The molecule has 1 fully saturated rings. The predicted molar refractivity (Wildman–Crippen MR) is 68.3 cm³/mol. The van der Waals surface area contributed by atoms with E-state index in [2.05, 4.69) is 35.8 Å². The van der Waals surface area contributed by atoms with E-state index < -0.39 is 0 Å². The van der Waals surface area contributed by atoms with Crippen LogP contribution in [0.25, 0.3) is 0 Å². The Morgan fingerprint density at radius 2 is 2.07 bits per heavy atom. The summed E-state index contributed by atoms with van der Waals surface area (Å²) in [6, 6.07) is 2.10. The monoisotopic (exact) mass is 288 g/mol. The fourth-order valence-corrected chi connectivity index (χ4v) is 4.49. The molecule has 1 aromatic heterocycles. The Bertz CT molecular complexity index is 353. The van der Waals surface area contributed by atoms with Crippen LogP contribution < -0.4 is 0 Å². The van der Waals surface area contributed by atoms with Crippen molar-refractivity contribution < 1.29 is 5.11 Å². The molecule has 1 saturated carbocycles. The number of thiophene rings is 1. The van der Waals surface area contributed by atoms with Crippen LogP contribution in [0.4, 0.5) is 0 Å². The Kier molecular flexibility index (Phi) is 3.25. The molecule has 2 rings (SSSR count). The summed E-state index contributed by atoms with van der Waals surface area (Å²) in [6.45, 7) is 4.30. The minimum Gasteiger partial charge on any atom is -0.387 e. The summed E-state index contributed by atoms with van der Waals surface area (Å²) in [5.41, 5.74) is 0.0970. The number of aliphatic hydroxyl groups excluding tert-OH is 1. The average Bonchev–Trinajstić information content (AvgIpc) is 2.73. The highest BCUT2D eigenvalue weighted by molar-refractivity contribution is 9.10. The standard InChI is InChI=1S/C12H17BrOS/c1-8-7-9(13)10(15-8)11(14)12(2)5-3-4-6-12/h7,11,14H,3-6H2,1-2H3. The van der Waals surface area contributed by atoms with Crippen LogP contribution in [0, 0.1) is 12.3 Å². The van der Waals surface area contributed by atoms with E-state index >= 15 is 0 Å². The van der Waals surface area contributed by atoms with Crippen molar-refractivity contribution in [1.82, 2.24) is 0 Å². The highest BCUT2D eigenvalue weighted by atomic mass is 79.9. The van der Waals surface area contributed by atoms with Crippen molar-refractivity contribution in [3.8, 4) is 0 Å². The molecular formula is C12H17BrOS. The van der Waals surface area contributed by atoms with Crippen molar-refractivity contribution in [2.24, 2.45) is 5.41 Å². The lowest BCUT2D eigenvalue weighted by molar-refractivity contribution is 0.0432. The number of hydrogen-bond donors (Lipinski definition) is 1. The first-order chi connectivity index (χ1) is 7.03. The van der Waals surface area contributed by atoms with Gasteiger partial charge in [-0.1, -0.05) is 19.8 Å². The number of hydrogen-bond acceptors (Lipinski definition) is 2. The number of halogens is 1. The van der Waals surface area contributed by atoms with Crippen LogP contribution in [0.2, 0.25) is 0 Å². The maximum atomic E-state index is 10.5. The van der Waals surface area contributed by atoms with Crippen molar-refractivity contribution in [3.05, 3.63) is 20.3 Å². The van der Waals surface area contributed by atoms with E-state index in [0.717, 1.165) is 22.2 Å². The molecule has 84 valence electrons. The van der Waals surface area contributed by atoms with Crippen LogP contribution in [0.5, 0.6) is 0 Å². The fourth-order valence-electron chi connectivity index (χ4n) is 2.46. The smallest absolute Gasteiger partial charge is 0.0946 e. The van der Waals surface area contributed by atoms with E-state index in [9.17, 15) is 5.11 Å². The molecule has 0 aromatic carbocycles. The number of aryl methyl sites for hydroxylation is 1. The topological polar surface area (TPSA) is 20.2 Å². The van der Waals surface area contributed by atoms with Gasteiger partial charge in [-0.2, -0.15) is 0 Å². The highest BCUT2D eigenvalue weighted by Crippen LogP contribution is 2.50. The second kappa shape index (κ2) is 4.19. The normalized spacial score (nSPS) is 21.9. The molecule has 1 unspecified atom stereocenters. The number of rotatable bonds is 2. The lowest BCUT2D eigenvalue weighted by Gasteiger charge is -2.29. The lowest BCUT2D eigenvalue weighted by atomic mass is 9.82.